The van der Waals surface area contributed by atoms with Crippen molar-refractivity contribution in [3.8, 4) is 0 Å². The summed E-state index contributed by atoms with van der Waals surface area (Å²) in [5.41, 5.74) is 2.83. The highest BCUT2D eigenvalue weighted by atomic mass is 15.3. The highest BCUT2D eigenvalue weighted by Crippen LogP contribution is 2.34. The van der Waals surface area contributed by atoms with Crippen LogP contribution < -0.4 is 0 Å². The summed E-state index contributed by atoms with van der Waals surface area (Å²) in [5, 5.41) is 4.99. The van der Waals surface area contributed by atoms with Gasteiger partial charge in [0.25, 0.3) is 0 Å². The number of hydrogen-bond donors (Lipinski definition) is 0. The van der Waals surface area contributed by atoms with E-state index in [1.165, 1.54) is 75.5 Å². The van der Waals surface area contributed by atoms with Gasteiger partial charge in [-0.1, -0.05) is 102 Å². The number of unbranched alkanes of at least 4 members (excludes halogenated alkanes) is 6. The Morgan fingerprint density at radius 1 is 0.808 bits per heavy atom. The Balaban J connectivity index is 2.01. The molecule has 1 heterocycles. The minimum Gasteiger partial charge on any atom is -0.268 e. The summed E-state index contributed by atoms with van der Waals surface area (Å²) in [6.45, 7) is 7.88. The van der Waals surface area contributed by atoms with Crippen LogP contribution in [0.15, 0.2) is 42.6 Å². The molecule has 2 rings (SSSR count). The van der Waals surface area contributed by atoms with Gasteiger partial charge in [0, 0.05) is 11.6 Å². The monoisotopic (exact) mass is 354 g/mol. The first kappa shape index (κ1) is 20.7. The minimum absolute atomic E-state index is 0.226. The third kappa shape index (κ3) is 6.63. The summed E-state index contributed by atoms with van der Waals surface area (Å²) in [5.74, 6) is 0. The average Bonchev–Trinajstić information content (AvgIpc) is 3.12. The first-order valence-electron chi connectivity index (χ1n) is 10.8. The Kier molecular flexibility index (Phi) is 8.94. The van der Waals surface area contributed by atoms with Crippen LogP contribution in [0, 0.1) is 0 Å². The predicted molar refractivity (Wildman–Crippen MR) is 113 cm³/mol. The second-order valence-electron chi connectivity index (χ2n) is 8.07. The first-order chi connectivity index (χ1) is 12.7. The van der Waals surface area contributed by atoms with Crippen LogP contribution >= 0.6 is 0 Å². The van der Waals surface area contributed by atoms with E-state index in [4.69, 9.17) is 5.10 Å². The lowest BCUT2D eigenvalue weighted by Crippen LogP contribution is -2.23. The van der Waals surface area contributed by atoms with Crippen LogP contribution in [0.1, 0.15) is 96.2 Å². The number of hydrogen-bond acceptors (Lipinski definition) is 1. The predicted octanol–water partition coefficient (Wildman–Crippen LogP) is 7.13. The lowest BCUT2D eigenvalue weighted by atomic mass is 9.77. The van der Waals surface area contributed by atoms with Gasteiger partial charge in [-0.3, -0.25) is 4.68 Å². The Morgan fingerprint density at radius 2 is 1.42 bits per heavy atom. The molecule has 2 aromatic rings. The van der Waals surface area contributed by atoms with Crippen molar-refractivity contribution in [3.63, 3.8) is 0 Å². The Labute approximate surface area is 161 Å². The fourth-order valence-corrected chi connectivity index (χ4v) is 3.81. The van der Waals surface area contributed by atoms with Crippen LogP contribution in [-0.4, -0.2) is 9.78 Å². The fourth-order valence-electron chi connectivity index (χ4n) is 3.81. The van der Waals surface area contributed by atoms with E-state index in [0.717, 1.165) is 6.54 Å². The molecular formula is C24H38N2. The van der Waals surface area contributed by atoms with Crippen LogP contribution in [0.3, 0.4) is 0 Å². The summed E-state index contributed by atoms with van der Waals surface area (Å²) in [6.07, 6.45) is 15.4. The molecule has 0 saturated carbocycles. The lowest BCUT2D eigenvalue weighted by Gasteiger charge is -2.28. The molecule has 2 nitrogen and oxygen atoms in total. The number of nitrogens with zero attached hydrogens (tertiary/aromatic N) is 2. The summed E-state index contributed by atoms with van der Waals surface area (Å²) < 4.78 is 2.11. The van der Waals surface area contributed by atoms with Gasteiger partial charge in [0.05, 0.1) is 12.2 Å². The Hall–Kier alpha value is -1.57. The largest absolute Gasteiger partial charge is 0.268 e. The second kappa shape index (κ2) is 11.2. The normalized spacial score (nSPS) is 13.7. The quantitative estimate of drug-likeness (QED) is 0.350. The summed E-state index contributed by atoms with van der Waals surface area (Å²) in [7, 11) is 0. The standard InChI is InChI=1S/C24H38N2/c1-4-6-8-9-14-19-24(3,18-13-7-5-2)23-17-20-26(25-23)21-22-15-11-10-12-16-22/h10-12,15-17,20H,4-9,13-14,18-19,21H2,1-3H3. The molecule has 2 heteroatoms. The van der Waals surface area contributed by atoms with Crippen molar-refractivity contribution in [1.29, 1.82) is 0 Å². The van der Waals surface area contributed by atoms with Gasteiger partial charge in [0.15, 0.2) is 0 Å². The topological polar surface area (TPSA) is 17.8 Å². The van der Waals surface area contributed by atoms with Gasteiger partial charge in [0.1, 0.15) is 0 Å². The van der Waals surface area contributed by atoms with Gasteiger partial charge in [-0.15, -0.1) is 0 Å². The van der Waals surface area contributed by atoms with Crippen LogP contribution in [0.4, 0.5) is 0 Å². The fraction of sp³-hybridized carbons (Fsp3) is 0.625. The van der Waals surface area contributed by atoms with E-state index >= 15 is 0 Å². The van der Waals surface area contributed by atoms with Crippen molar-refractivity contribution in [3.05, 3.63) is 53.9 Å². The van der Waals surface area contributed by atoms with Crippen molar-refractivity contribution in [2.75, 3.05) is 0 Å². The van der Waals surface area contributed by atoms with Crippen LogP contribution in [0.2, 0.25) is 0 Å². The van der Waals surface area contributed by atoms with Gasteiger partial charge >= 0.3 is 0 Å². The molecule has 0 bridgehead atoms. The third-order valence-corrected chi connectivity index (χ3v) is 5.61. The van der Waals surface area contributed by atoms with E-state index in [1.807, 2.05) is 0 Å². The third-order valence-electron chi connectivity index (χ3n) is 5.61. The molecule has 0 radical (unpaired) electrons. The molecule has 1 aromatic heterocycles. The summed E-state index contributed by atoms with van der Waals surface area (Å²) in [4.78, 5) is 0. The maximum absolute atomic E-state index is 4.99. The van der Waals surface area contributed by atoms with Crippen molar-refractivity contribution in [2.45, 2.75) is 96.9 Å². The number of aromatic nitrogens is 2. The number of rotatable bonds is 13. The minimum atomic E-state index is 0.226. The van der Waals surface area contributed by atoms with E-state index in [1.54, 1.807) is 0 Å². The SMILES string of the molecule is CCCCCCCC(C)(CCCCC)c1ccn(Cc2ccccc2)n1. The van der Waals surface area contributed by atoms with Gasteiger partial charge < -0.3 is 0 Å². The molecule has 0 aliphatic rings. The van der Waals surface area contributed by atoms with Crippen molar-refractivity contribution in [1.82, 2.24) is 9.78 Å². The van der Waals surface area contributed by atoms with Crippen molar-refractivity contribution >= 4 is 0 Å². The molecule has 0 amide bonds. The van der Waals surface area contributed by atoms with E-state index in [9.17, 15) is 0 Å². The molecule has 0 N–H and O–H groups in total. The average molecular weight is 355 g/mol. The molecule has 1 atom stereocenters. The molecule has 1 aromatic carbocycles. The second-order valence-corrected chi connectivity index (χ2v) is 8.07. The smallest absolute Gasteiger partial charge is 0.0683 e. The molecular weight excluding hydrogens is 316 g/mol. The lowest BCUT2D eigenvalue weighted by molar-refractivity contribution is 0.352. The van der Waals surface area contributed by atoms with Crippen LogP contribution in [-0.2, 0) is 12.0 Å². The summed E-state index contributed by atoms with van der Waals surface area (Å²) >= 11 is 0. The maximum atomic E-state index is 4.99. The highest BCUT2D eigenvalue weighted by molar-refractivity contribution is 5.17. The highest BCUT2D eigenvalue weighted by Gasteiger charge is 2.28. The zero-order valence-corrected chi connectivity index (χ0v) is 17.2. The summed E-state index contributed by atoms with van der Waals surface area (Å²) in [6, 6.07) is 12.9. The molecule has 0 aliphatic heterocycles. The van der Waals surface area contributed by atoms with E-state index in [0.29, 0.717) is 0 Å². The Morgan fingerprint density at radius 3 is 2.12 bits per heavy atom. The van der Waals surface area contributed by atoms with Crippen LogP contribution in [0.25, 0.3) is 0 Å². The zero-order valence-electron chi connectivity index (χ0n) is 17.2. The number of benzene rings is 1. The van der Waals surface area contributed by atoms with Crippen LogP contribution in [0.5, 0.6) is 0 Å². The zero-order chi connectivity index (χ0) is 18.7. The first-order valence-corrected chi connectivity index (χ1v) is 10.8. The van der Waals surface area contributed by atoms with Crippen molar-refractivity contribution < 1.29 is 0 Å². The van der Waals surface area contributed by atoms with Crippen molar-refractivity contribution in [2.24, 2.45) is 0 Å². The maximum Gasteiger partial charge on any atom is 0.0683 e. The van der Waals surface area contributed by atoms with E-state index in [2.05, 4.69) is 68.0 Å². The molecule has 0 aliphatic carbocycles. The van der Waals surface area contributed by atoms with E-state index in [-0.39, 0.29) is 5.41 Å². The molecule has 0 saturated heterocycles. The van der Waals surface area contributed by atoms with Gasteiger partial charge in [-0.25, -0.2) is 0 Å². The molecule has 0 fully saturated rings. The van der Waals surface area contributed by atoms with Gasteiger partial charge in [-0.05, 0) is 24.5 Å². The Bertz CT molecular complexity index is 602. The van der Waals surface area contributed by atoms with Gasteiger partial charge in [0.2, 0.25) is 0 Å². The molecule has 144 valence electrons. The molecule has 1 unspecified atom stereocenters. The van der Waals surface area contributed by atoms with Gasteiger partial charge in [-0.2, -0.15) is 5.10 Å². The molecule has 0 spiro atoms. The van der Waals surface area contributed by atoms with E-state index < -0.39 is 0 Å². The molecule has 26 heavy (non-hydrogen) atoms.